The van der Waals surface area contributed by atoms with Crippen molar-refractivity contribution in [1.29, 1.82) is 0 Å². The van der Waals surface area contributed by atoms with Crippen molar-refractivity contribution in [3.05, 3.63) is 177 Å². The second-order valence-electron chi connectivity index (χ2n) is 28.7. The Morgan fingerprint density at radius 1 is 0.348 bits per heavy atom. The van der Waals surface area contributed by atoms with E-state index in [1.807, 2.05) is 48.5 Å². The van der Waals surface area contributed by atoms with E-state index in [0.717, 1.165) is 146 Å². The molecule has 12 rings (SSSR count). The number of unbranched alkanes of at least 4 members (excludes halogenated alkanes) is 2. The fourth-order valence-electron chi connectivity index (χ4n) is 12.1. The Kier molecular flexibility index (Phi) is 16.3. The minimum atomic E-state index is -0.222. The number of H-pyrrole nitrogens is 4. The first-order chi connectivity index (χ1) is 43.8. The maximum absolute atomic E-state index is 12.6. The highest BCUT2D eigenvalue weighted by Gasteiger charge is 2.25. The van der Waals surface area contributed by atoms with E-state index < -0.39 is 0 Å². The average Bonchev–Trinajstić information content (AvgIpc) is 1.58. The van der Waals surface area contributed by atoms with Crippen molar-refractivity contribution < 1.29 is 9.59 Å². The van der Waals surface area contributed by atoms with Crippen LogP contribution in [0.15, 0.2) is 121 Å². The predicted octanol–water partition coefficient (Wildman–Crippen LogP) is 19.5. The fraction of sp³-hybridized carbons (Fsp3) is 0.293. The smallest absolute Gasteiger partial charge is 0.319 e. The number of hydrogen-bond acceptors (Lipinski definition) is 2. The number of nitrogens with one attached hydrogen (secondary N) is 8. The first-order valence-electron chi connectivity index (χ1n) is 32.4. The summed E-state index contributed by atoms with van der Waals surface area (Å²) in [6.07, 6.45) is 3.87. The van der Waals surface area contributed by atoms with Crippen LogP contribution in [0.4, 0.5) is 21.0 Å². The number of amides is 4. The predicted molar refractivity (Wildman–Crippen MR) is 388 cm³/mol. The van der Waals surface area contributed by atoms with Gasteiger partial charge in [0.25, 0.3) is 0 Å². The molecule has 4 aromatic heterocycles. The lowest BCUT2D eigenvalue weighted by atomic mass is 9.85. The number of aromatic amines is 4. The van der Waals surface area contributed by atoms with E-state index in [4.69, 9.17) is 0 Å². The van der Waals surface area contributed by atoms with Gasteiger partial charge in [-0.1, -0.05) is 182 Å². The van der Waals surface area contributed by atoms with Crippen LogP contribution in [0.5, 0.6) is 0 Å². The van der Waals surface area contributed by atoms with Gasteiger partial charge >= 0.3 is 12.1 Å². The maximum atomic E-state index is 12.6. The third-order valence-electron chi connectivity index (χ3n) is 17.6. The van der Waals surface area contributed by atoms with Crippen molar-refractivity contribution in [2.24, 2.45) is 0 Å². The molecule has 0 spiro atoms. The van der Waals surface area contributed by atoms with Crippen molar-refractivity contribution in [1.82, 2.24) is 30.6 Å². The second kappa shape index (κ2) is 24.2. The van der Waals surface area contributed by atoms with E-state index in [0.29, 0.717) is 24.5 Å². The number of fused-ring (bicyclic) bond motifs is 14. The van der Waals surface area contributed by atoms with Crippen LogP contribution in [-0.4, -0.2) is 45.1 Å². The molecule has 0 radical (unpaired) electrons. The molecule has 0 atom stereocenters. The van der Waals surface area contributed by atoms with Gasteiger partial charge in [0.05, 0.1) is 44.1 Å². The van der Waals surface area contributed by atoms with Crippen molar-refractivity contribution in [3.8, 4) is 47.4 Å². The molecular weight excluding hydrogens is 1130 g/mol. The molecule has 0 aliphatic heterocycles. The molecule has 0 bridgehead atoms. The highest BCUT2D eigenvalue weighted by molar-refractivity contribution is 6.24. The summed E-state index contributed by atoms with van der Waals surface area (Å²) < 4.78 is 0. The lowest BCUT2D eigenvalue weighted by Gasteiger charge is -2.20. The number of benzene rings is 8. The van der Waals surface area contributed by atoms with Gasteiger partial charge in [-0.3, -0.25) is 0 Å². The summed E-state index contributed by atoms with van der Waals surface area (Å²) in [6, 6.07) is 42.0. The van der Waals surface area contributed by atoms with Gasteiger partial charge in [0.2, 0.25) is 0 Å². The number of anilines is 2. The number of urea groups is 2. The molecule has 0 aliphatic carbocycles. The van der Waals surface area contributed by atoms with Crippen LogP contribution >= 0.6 is 0 Å². The lowest BCUT2D eigenvalue weighted by molar-refractivity contribution is 0.251. The summed E-state index contributed by atoms with van der Waals surface area (Å²) in [5, 5.41) is 20.6. The fourth-order valence-corrected chi connectivity index (χ4v) is 12.1. The van der Waals surface area contributed by atoms with Gasteiger partial charge in [-0.15, -0.1) is 0 Å². The number of carbonyl (C=O) groups excluding carboxylic acids is 2. The quantitative estimate of drug-likeness (QED) is 0.0566. The summed E-state index contributed by atoms with van der Waals surface area (Å²) in [7, 11) is 0. The van der Waals surface area contributed by atoms with Gasteiger partial charge in [-0.25, -0.2) is 9.59 Å². The minimum Gasteiger partial charge on any atom is -0.352 e. The van der Waals surface area contributed by atoms with Crippen LogP contribution in [0.3, 0.4) is 0 Å². The third-order valence-corrected chi connectivity index (χ3v) is 17.6. The Morgan fingerprint density at radius 2 is 0.641 bits per heavy atom. The summed E-state index contributed by atoms with van der Waals surface area (Å²) in [6.45, 7) is 32.4. The molecule has 0 fully saturated rings. The van der Waals surface area contributed by atoms with Crippen LogP contribution in [0.2, 0.25) is 0 Å². The zero-order valence-corrected chi connectivity index (χ0v) is 55.6. The Hall–Kier alpha value is -10.3. The Labute approximate surface area is 540 Å². The second-order valence-corrected chi connectivity index (χ2v) is 28.7. The number of hydrogen-bond donors (Lipinski definition) is 8. The van der Waals surface area contributed by atoms with Crippen molar-refractivity contribution in [2.45, 2.75) is 144 Å². The highest BCUT2D eigenvalue weighted by atomic mass is 16.2. The van der Waals surface area contributed by atoms with Crippen molar-refractivity contribution >= 4 is 111 Å². The molecule has 4 amide bonds. The summed E-state index contributed by atoms with van der Waals surface area (Å²) in [4.78, 5) is 40.8. The van der Waals surface area contributed by atoms with Gasteiger partial charge < -0.3 is 41.2 Å². The van der Waals surface area contributed by atoms with Crippen molar-refractivity contribution in [2.75, 3.05) is 23.7 Å². The molecular formula is C82H82N8O2. The monoisotopic (exact) mass is 1210 g/mol. The minimum absolute atomic E-state index is 0.139. The van der Waals surface area contributed by atoms with E-state index >= 15 is 0 Å². The maximum Gasteiger partial charge on any atom is 0.319 e. The van der Waals surface area contributed by atoms with Crippen LogP contribution in [0.1, 0.15) is 178 Å². The molecule has 92 heavy (non-hydrogen) atoms. The SMILES string of the molecule is CCCCNC(=O)Nc1cccc(C#Cc2cc(C(C)(C)C)cc3c2[nH]c2c3ccc3c4cc(C(C)(C)C)cc(C#CC#Cc5cc(C(C)(C)C)cc6c5[nH]c5c6ccc6c7cc(C(C)(C)C)cc(C#Cc8cccc(NC(=O)NCCCC)c8)c7[nH]c65)c4[nH]c32)c1. The molecule has 12 aromatic rings. The van der Waals surface area contributed by atoms with E-state index in [2.05, 4.69) is 258 Å². The number of carbonyl (C=O) groups is 2. The van der Waals surface area contributed by atoms with Gasteiger partial charge in [0.15, 0.2) is 0 Å². The van der Waals surface area contributed by atoms with Gasteiger partial charge in [-0.2, -0.15) is 0 Å². The zero-order chi connectivity index (χ0) is 65.0. The van der Waals surface area contributed by atoms with E-state index in [9.17, 15) is 9.59 Å². The Bertz CT molecular complexity index is 4920. The number of aromatic nitrogens is 4. The molecule has 10 nitrogen and oxygen atoms in total. The van der Waals surface area contributed by atoms with E-state index in [1.165, 1.54) is 22.3 Å². The van der Waals surface area contributed by atoms with Gasteiger partial charge in [0.1, 0.15) is 0 Å². The molecule has 8 aromatic carbocycles. The number of rotatable bonds is 8. The van der Waals surface area contributed by atoms with Gasteiger partial charge in [0, 0.05) is 101 Å². The van der Waals surface area contributed by atoms with Crippen LogP contribution in [0, 0.1) is 47.4 Å². The summed E-state index contributed by atoms with van der Waals surface area (Å²) >= 11 is 0. The average molecular weight is 1210 g/mol. The molecule has 8 N–H and O–H groups in total. The Morgan fingerprint density at radius 3 is 0.924 bits per heavy atom. The first-order valence-corrected chi connectivity index (χ1v) is 32.4. The van der Waals surface area contributed by atoms with E-state index in [-0.39, 0.29) is 33.7 Å². The third kappa shape index (κ3) is 12.5. The summed E-state index contributed by atoms with van der Waals surface area (Å²) in [5.41, 5.74) is 18.6. The molecule has 4 heterocycles. The van der Waals surface area contributed by atoms with Crippen LogP contribution in [-0.2, 0) is 21.7 Å². The topological polar surface area (TPSA) is 145 Å². The molecule has 0 aliphatic rings. The molecule has 0 saturated carbocycles. The van der Waals surface area contributed by atoms with Crippen LogP contribution < -0.4 is 21.3 Å². The summed E-state index contributed by atoms with van der Waals surface area (Å²) in [5.74, 6) is 27.7. The molecule has 462 valence electrons. The zero-order valence-electron chi connectivity index (χ0n) is 55.6. The normalized spacial score (nSPS) is 12.0. The van der Waals surface area contributed by atoms with E-state index in [1.54, 1.807) is 0 Å². The molecule has 0 unspecified atom stereocenters. The van der Waals surface area contributed by atoms with Crippen LogP contribution in [0.25, 0.3) is 87.2 Å². The lowest BCUT2D eigenvalue weighted by Crippen LogP contribution is -2.29. The largest absolute Gasteiger partial charge is 0.352 e. The molecule has 10 heteroatoms. The standard InChI is InChI=1S/C82H82N8O2/c1-15-17-37-83-77(91)85-59-27-21-23-49(39-59)29-31-53-43-57(81(9,10)11)47-67-63-35-33-61-65-45-55(79(3,4)5)41-51(69(65)87-73(61)75(63)89-71(53)67)25-19-20-26-52-42-56(80(6,7)8)46-66-62-34-36-64-68-48-58(82(12,13)14)44-54(72(68)90-76(64)74(62)88-70(52)66)32-30-50-24-22-28-60(40-50)86-78(92)84-38-18-16-2/h21-24,27-28,33-36,39-48,87-90H,15-18,37-38H2,1-14H3,(H2,83,85,91)(H2,84,86,92). The first kappa shape index (κ1) is 62.0. The highest BCUT2D eigenvalue weighted by Crippen LogP contribution is 2.42. The van der Waals surface area contributed by atoms with Crippen molar-refractivity contribution in [3.63, 3.8) is 0 Å². The molecule has 0 saturated heterocycles. The van der Waals surface area contributed by atoms with Gasteiger partial charge in [-0.05, 0) is 154 Å². The Balaban J connectivity index is 0.941.